The van der Waals surface area contributed by atoms with E-state index in [1.807, 2.05) is 60.0 Å². The number of rotatable bonds is 12. The Balaban J connectivity index is 1.64. The minimum atomic E-state index is -0.120. The van der Waals surface area contributed by atoms with E-state index in [0.717, 1.165) is 28.6 Å². The van der Waals surface area contributed by atoms with E-state index >= 15 is 0 Å². The maximum atomic E-state index is 12.4. The summed E-state index contributed by atoms with van der Waals surface area (Å²) in [6, 6.07) is 15.1. The molecule has 3 rings (SSSR count). The van der Waals surface area contributed by atoms with E-state index in [1.165, 1.54) is 11.8 Å². The van der Waals surface area contributed by atoms with Crippen LogP contribution in [0, 0.1) is 5.92 Å². The lowest BCUT2D eigenvalue weighted by Crippen LogP contribution is -2.14. The fourth-order valence-corrected chi connectivity index (χ4v) is 3.74. The van der Waals surface area contributed by atoms with Gasteiger partial charge in [-0.25, -0.2) is 0 Å². The molecule has 7 nitrogen and oxygen atoms in total. The van der Waals surface area contributed by atoms with Gasteiger partial charge >= 0.3 is 0 Å². The zero-order valence-corrected chi connectivity index (χ0v) is 20.1. The summed E-state index contributed by atoms with van der Waals surface area (Å²) in [6.07, 6.45) is 1.79. The van der Waals surface area contributed by atoms with E-state index in [9.17, 15) is 4.79 Å². The Morgan fingerprint density at radius 1 is 1.09 bits per heavy atom. The van der Waals surface area contributed by atoms with Crippen molar-refractivity contribution in [2.24, 2.45) is 5.92 Å². The lowest BCUT2D eigenvalue weighted by atomic mass is 10.2. The third-order valence-corrected chi connectivity index (χ3v) is 5.47. The molecule has 0 saturated heterocycles. The highest BCUT2D eigenvalue weighted by Gasteiger charge is 2.15. The average molecular weight is 467 g/mol. The Morgan fingerprint density at radius 2 is 1.76 bits per heavy atom. The van der Waals surface area contributed by atoms with Crippen LogP contribution in [0.15, 0.2) is 66.3 Å². The quantitative estimate of drug-likeness (QED) is 0.288. The lowest BCUT2D eigenvalue weighted by molar-refractivity contribution is -0.113. The summed E-state index contributed by atoms with van der Waals surface area (Å²) in [5.41, 5.74) is 1.64. The SMILES string of the molecule is C=CCn1c(SCC(=O)Nc2ccc(OCC)cc2)nnc1-c1ccc(OCC(C)C)cc1. The van der Waals surface area contributed by atoms with Crippen LogP contribution in [-0.2, 0) is 11.3 Å². The number of ether oxygens (including phenoxy) is 2. The Hall–Kier alpha value is -3.26. The molecule has 0 fully saturated rings. The van der Waals surface area contributed by atoms with Crippen molar-refractivity contribution in [2.75, 3.05) is 24.3 Å². The molecule has 0 aliphatic carbocycles. The van der Waals surface area contributed by atoms with Crippen LogP contribution in [0.2, 0.25) is 0 Å². The van der Waals surface area contributed by atoms with Crippen LogP contribution in [0.1, 0.15) is 20.8 Å². The maximum Gasteiger partial charge on any atom is 0.234 e. The van der Waals surface area contributed by atoms with Gasteiger partial charge in [-0.3, -0.25) is 9.36 Å². The van der Waals surface area contributed by atoms with Crippen molar-refractivity contribution >= 4 is 23.4 Å². The first-order chi connectivity index (χ1) is 16.0. The van der Waals surface area contributed by atoms with Crippen LogP contribution in [0.4, 0.5) is 5.69 Å². The summed E-state index contributed by atoms with van der Waals surface area (Å²) >= 11 is 1.34. The molecule has 0 radical (unpaired) electrons. The first-order valence-electron chi connectivity index (χ1n) is 10.9. The van der Waals surface area contributed by atoms with Gasteiger partial charge in [-0.2, -0.15) is 0 Å². The number of anilines is 1. The largest absolute Gasteiger partial charge is 0.494 e. The third kappa shape index (κ3) is 7.12. The van der Waals surface area contributed by atoms with Crippen LogP contribution in [0.25, 0.3) is 11.4 Å². The van der Waals surface area contributed by atoms with Crippen LogP contribution >= 0.6 is 11.8 Å². The van der Waals surface area contributed by atoms with Crippen molar-refractivity contribution < 1.29 is 14.3 Å². The summed E-state index contributed by atoms with van der Waals surface area (Å²) in [5, 5.41) is 12.2. The van der Waals surface area contributed by atoms with Crippen LogP contribution in [0.5, 0.6) is 11.5 Å². The van der Waals surface area contributed by atoms with E-state index in [4.69, 9.17) is 9.47 Å². The molecule has 1 amide bonds. The molecule has 1 aromatic heterocycles. The van der Waals surface area contributed by atoms with Gasteiger partial charge in [-0.1, -0.05) is 31.7 Å². The van der Waals surface area contributed by atoms with Gasteiger partial charge in [0.1, 0.15) is 11.5 Å². The zero-order valence-electron chi connectivity index (χ0n) is 19.3. The van der Waals surface area contributed by atoms with E-state index in [0.29, 0.717) is 30.8 Å². The first-order valence-corrected chi connectivity index (χ1v) is 11.9. The summed E-state index contributed by atoms with van der Waals surface area (Å²) < 4.78 is 13.1. The normalized spacial score (nSPS) is 10.8. The van der Waals surface area contributed by atoms with Crippen LogP contribution in [-0.4, -0.2) is 39.6 Å². The second-order valence-electron chi connectivity index (χ2n) is 7.73. The highest BCUT2D eigenvalue weighted by atomic mass is 32.2. The van der Waals surface area contributed by atoms with Gasteiger partial charge in [0.25, 0.3) is 0 Å². The molecule has 0 aliphatic heterocycles. The molecule has 8 heteroatoms. The number of hydrogen-bond donors (Lipinski definition) is 1. The predicted molar refractivity (Wildman–Crippen MR) is 133 cm³/mol. The van der Waals surface area contributed by atoms with Gasteiger partial charge in [0.2, 0.25) is 5.91 Å². The zero-order chi connectivity index (χ0) is 23.6. The van der Waals surface area contributed by atoms with Gasteiger partial charge in [0.15, 0.2) is 11.0 Å². The molecule has 0 unspecified atom stereocenters. The smallest absolute Gasteiger partial charge is 0.234 e. The number of carbonyl (C=O) groups excluding carboxylic acids is 1. The molecule has 174 valence electrons. The van der Waals surface area contributed by atoms with Crippen LogP contribution in [0.3, 0.4) is 0 Å². The molecule has 33 heavy (non-hydrogen) atoms. The van der Waals surface area contributed by atoms with Gasteiger partial charge < -0.3 is 14.8 Å². The van der Waals surface area contributed by atoms with E-state index in [-0.39, 0.29) is 11.7 Å². The van der Waals surface area contributed by atoms with Crippen molar-refractivity contribution in [3.05, 3.63) is 61.2 Å². The van der Waals surface area contributed by atoms with Crippen molar-refractivity contribution in [1.82, 2.24) is 14.8 Å². The number of nitrogens with zero attached hydrogens (tertiary/aromatic N) is 3. The number of carbonyl (C=O) groups is 1. The predicted octanol–water partition coefficient (Wildman–Crippen LogP) is 5.30. The number of nitrogens with one attached hydrogen (secondary N) is 1. The summed E-state index contributed by atoms with van der Waals surface area (Å²) in [5.74, 6) is 2.87. The fourth-order valence-electron chi connectivity index (χ4n) is 2.99. The summed E-state index contributed by atoms with van der Waals surface area (Å²) in [4.78, 5) is 12.4. The molecule has 1 heterocycles. The van der Waals surface area contributed by atoms with Gasteiger partial charge in [-0.05, 0) is 61.4 Å². The molecule has 0 aliphatic rings. The molecule has 0 spiro atoms. The average Bonchev–Trinajstić information content (AvgIpc) is 3.21. The molecule has 0 bridgehead atoms. The van der Waals surface area contributed by atoms with Crippen molar-refractivity contribution in [3.8, 4) is 22.9 Å². The standard InChI is InChI=1S/C25H30N4O3S/c1-5-15-29-24(19-7-11-22(12-8-19)32-16-18(3)4)27-28-25(29)33-17-23(30)26-20-9-13-21(14-10-20)31-6-2/h5,7-14,18H,1,6,15-17H2,2-4H3,(H,26,30). The molecular formula is C25H30N4O3S. The Morgan fingerprint density at radius 3 is 2.39 bits per heavy atom. The molecule has 0 saturated carbocycles. The second-order valence-corrected chi connectivity index (χ2v) is 8.67. The molecule has 1 N–H and O–H groups in total. The van der Waals surface area contributed by atoms with Gasteiger partial charge in [0, 0.05) is 17.8 Å². The van der Waals surface area contributed by atoms with Crippen molar-refractivity contribution in [1.29, 1.82) is 0 Å². The monoisotopic (exact) mass is 466 g/mol. The number of benzene rings is 2. The Bertz CT molecular complexity index is 1050. The van der Waals surface area contributed by atoms with Gasteiger partial charge in [-0.15, -0.1) is 16.8 Å². The topological polar surface area (TPSA) is 78.3 Å². The number of amides is 1. The fraction of sp³-hybridized carbons (Fsp3) is 0.320. The first kappa shape index (κ1) is 24.4. The van der Waals surface area contributed by atoms with E-state index in [1.54, 1.807) is 6.08 Å². The Kier molecular flexibility index (Phi) is 8.95. The highest BCUT2D eigenvalue weighted by molar-refractivity contribution is 7.99. The van der Waals surface area contributed by atoms with Crippen molar-refractivity contribution in [3.63, 3.8) is 0 Å². The van der Waals surface area contributed by atoms with Gasteiger partial charge in [0.05, 0.1) is 19.0 Å². The molecule has 3 aromatic rings. The number of aromatic nitrogens is 3. The lowest BCUT2D eigenvalue weighted by Gasteiger charge is -2.10. The summed E-state index contributed by atoms with van der Waals surface area (Å²) in [7, 11) is 0. The number of hydrogen-bond acceptors (Lipinski definition) is 6. The van der Waals surface area contributed by atoms with E-state index < -0.39 is 0 Å². The number of thioether (sulfide) groups is 1. The third-order valence-electron chi connectivity index (χ3n) is 4.51. The molecule has 2 aromatic carbocycles. The van der Waals surface area contributed by atoms with Crippen molar-refractivity contribution in [2.45, 2.75) is 32.5 Å². The Labute approximate surface area is 199 Å². The molecular weight excluding hydrogens is 436 g/mol. The summed E-state index contributed by atoms with van der Waals surface area (Å²) in [6.45, 7) is 11.8. The molecule has 0 atom stereocenters. The van der Waals surface area contributed by atoms with E-state index in [2.05, 4.69) is 35.9 Å². The number of allylic oxidation sites excluding steroid dienone is 1. The second kappa shape index (κ2) is 12.1. The maximum absolute atomic E-state index is 12.4. The minimum Gasteiger partial charge on any atom is -0.494 e. The minimum absolute atomic E-state index is 0.120. The highest BCUT2D eigenvalue weighted by Crippen LogP contribution is 2.26. The van der Waals surface area contributed by atoms with Crippen LogP contribution < -0.4 is 14.8 Å².